The molecule has 0 bridgehead atoms. The van der Waals surface area contributed by atoms with E-state index in [4.69, 9.17) is 0 Å². The maximum absolute atomic E-state index is 12.8. The summed E-state index contributed by atoms with van der Waals surface area (Å²) in [5.41, 5.74) is 1.28. The van der Waals surface area contributed by atoms with Gasteiger partial charge in [-0.3, -0.25) is 4.79 Å². The molecule has 1 aliphatic carbocycles. The zero-order chi connectivity index (χ0) is 16.9. The van der Waals surface area contributed by atoms with Crippen LogP contribution >= 0.6 is 0 Å². The van der Waals surface area contributed by atoms with Crippen molar-refractivity contribution in [3.63, 3.8) is 0 Å². The van der Waals surface area contributed by atoms with Gasteiger partial charge in [-0.15, -0.1) is 0 Å². The van der Waals surface area contributed by atoms with Gasteiger partial charge in [0.1, 0.15) is 6.17 Å². The van der Waals surface area contributed by atoms with E-state index in [2.05, 4.69) is 5.32 Å². The Labute approximate surface area is 137 Å². The number of amides is 1. The second kappa shape index (κ2) is 5.26. The molecule has 1 fully saturated rings. The van der Waals surface area contributed by atoms with Gasteiger partial charge in [-0.25, -0.2) is 0 Å². The Bertz CT molecular complexity index is 782. The monoisotopic (exact) mass is 332 g/mol. The molecule has 3 nitrogen and oxygen atoms in total. The Kier molecular flexibility index (Phi) is 3.30. The number of anilines is 1. The first-order valence-corrected chi connectivity index (χ1v) is 7.80. The zero-order valence-electron chi connectivity index (χ0n) is 12.7. The van der Waals surface area contributed by atoms with Gasteiger partial charge in [0, 0.05) is 11.7 Å². The maximum atomic E-state index is 12.8. The first-order valence-electron chi connectivity index (χ1n) is 7.80. The van der Waals surface area contributed by atoms with E-state index in [9.17, 15) is 18.0 Å². The Morgan fingerprint density at radius 2 is 1.67 bits per heavy atom. The van der Waals surface area contributed by atoms with Crippen LogP contribution in [0.3, 0.4) is 0 Å². The molecule has 1 atom stereocenters. The highest BCUT2D eigenvalue weighted by Crippen LogP contribution is 2.41. The number of hydrogen-bond acceptors (Lipinski definition) is 2. The normalized spacial score (nSPS) is 20.5. The molecule has 0 aromatic heterocycles. The molecule has 1 heterocycles. The van der Waals surface area contributed by atoms with Gasteiger partial charge in [0.25, 0.3) is 5.91 Å². The molecule has 24 heavy (non-hydrogen) atoms. The molecule has 0 saturated heterocycles. The van der Waals surface area contributed by atoms with E-state index in [-0.39, 0.29) is 11.9 Å². The molecule has 1 N–H and O–H groups in total. The van der Waals surface area contributed by atoms with Crippen LogP contribution in [0.2, 0.25) is 0 Å². The standard InChI is InChI=1S/C18H15F3N2O/c19-18(20,21)12-7-5-11(6-8-12)16-22-15-4-2-1-3-14(15)17(24)23(16)13-9-10-13/h1-8,13,16,22H,9-10H2/t16-/m1/s1. The SMILES string of the molecule is O=C1c2ccccc2N[C@@H](c2ccc(C(F)(F)F)cc2)N1C1CC1. The van der Waals surface area contributed by atoms with Gasteiger partial charge >= 0.3 is 6.18 Å². The topological polar surface area (TPSA) is 32.3 Å². The number of para-hydroxylation sites is 1. The van der Waals surface area contributed by atoms with Crippen molar-refractivity contribution in [2.24, 2.45) is 0 Å². The van der Waals surface area contributed by atoms with Crippen molar-refractivity contribution in [1.82, 2.24) is 4.90 Å². The van der Waals surface area contributed by atoms with Gasteiger partial charge in [-0.05, 0) is 42.7 Å². The number of benzene rings is 2. The highest BCUT2D eigenvalue weighted by molar-refractivity contribution is 6.02. The maximum Gasteiger partial charge on any atom is 0.416 e. The predicted octanol–water partition coefficient (Wildman–Crippen LogP) is 4.43. The summed E-state index contributed by atoms with van der Waals surface area (Å²) in [4.78, 5) is 14.6. The summed E-state index contributed by atoms with van der Waals surface area (Å²) >= 11 is 0. The van der Waals surface area contributed by atoms with Crippen molar-refractivity contribution in [2.45, 2.75) is 31.2 Å². The molecule has 0 radical (unpaired) electrons. The fraction of sp³-hybridized carbons (Fsp3) is 0.278. The Balaban J connectivity index is 1.72. The van der Waals surface area contributed by atoms with E-state index in [1.807, 2.05) is 18.2 Å². The summed E-state index contributed by atoms with van der Waals surface area (Å²) < 4.78 is 38.3. The van der Waals surface area contributed by atoms with Gasteiger partial charge in [0.2, 0.25) is 0 Å². The van der Waals surface area contributed by atoms with Crippen LogP contribution < -0.4 is 5.32 Å². The van der Waals surface area contributed by atoms with Crippen LogP contribution in [-0.2, 0) is 6.18 Å². The van der Waals surface area contributed by atoms with Crippen molar-refractivity contribution in [3.8, 4) is 0 Å². The lowest BCUT2D eigenvalue weighted by atomic mass is 10.0. The van der Waals surface area contributed by atoms with Gasteiger partial charge in [0.15, 0.2) is 0 Å². The molecule has 2 aromatic rings. The van der Waals surface area contributed by atoms with Gasteiger partial charge in [0.05, 0.1) is 11.1 Å². The van der Waals surface area contributed by atoms with Gasteiger partial charge < -0.3 is 10.2 Å². The number of hydrogen-bond donors (Lipinski definition) is 1. The largest absolute Gasteiger partial charge is 0.416 e. The Hall–Kier alpha value is -2.50. The summed E-state index contributed by atoms with van der Waals surface area (Å²) in [7, 11) is 0. The lowest BCUT2D eigenvalue weighted by molar-refractivity contribution is -0.137. The molecule has 2 aliphatic rings. The van der Waals surface area contributed by atoms with Crippen molar-refractivity contribution < 1.29 is 18.0 Å². The average molecular weight is 332 g/mol. The molecule has 0 spiro atoms. The third kappa shape index (κ3) is 2.52. The minimum absolute atomic E-state index is 0.0725. The summed E-state index contributed by atoms with van der Waals surface area (Å²) in [5.74, 6) is -0.0725. The third-order valence-electron chi connectivity index (χ3n) is 4.46. The van der Waals surface area contributed by atoms with Crippen molar-refractivity contribution >= 4 is 11.6 Å². The van der Waals surface area contributed by atoms with Gasteiger partial charge in [-0.1, -0.05) is 24.3 Å². The predicted molar refractivity (Wildman–Crippen MR) is 83.4 cm³/mol. The van der Waals surface area contributed by atoms with Crippen molar-refractivity contribution in [2.75, 3.05) is 5.32 Å². The molecule has 0 unspecified atom stereocenters. The quantitative estimate of drug-likeness (QED) is 0.882. The molecule has 124 valence electrons. The van der Waals surface area contributed by atoms with Crippen LogP contribution in [-0.4, -0.2) is 16.8 Å². The number of fused-ring (bicyclic) bond motifs is 1. The smallest absolute Gasteiger partial charge is 0.361 e. The number of nitrogens with one attached hydrogen (secondary N) is 1. The second-order valence-electron chi connectivity index (χ2n) is 6.16. The molecule has 4 rings (SSSR count). The lowest BCUT2D eigenvalue weighted by Gasteiger charge is -2.38. The van der Waals surface area contributed by atoms with E-state index in [1.165, 1.54) is 12.1 Å². The van der Waals surface area contributed by atoms with Crippen molar-refractivity contribution in [3.05, 3.63) is 65.2 Å². The molecule has 6 heteroatoms. The summed E-state index contributed by atoms with van der Waals surface area (Å²) in [6.07, 6.45) is -2.96. The number of halogens is 3. The van der Waals surface area contributed by atoms with Crippen LogP contribution in [0.25, 0.3) is 0 Å². The summed E-state index contributed by atoms with van der Waals surface area (Å²) in [5, 5.41) is 3.30. The van der Waals surface area contributed by atoms with Crippen LogP contribution in [0.5, 0.6) is 0 Å². The van der Waals surface area contributed by atoms with Crippen LogP contribution in [0.4, 0.5) is 18.9 Å². The van der Waals surface area contributed by atoms with Crippen LogP contribution in [0.1, 0.15) is 40.5 Å². The third-order valence-corrected chi connectivity index (χ3v) is 4.46. The molecule has 1 amide bonds. The van der Waals surface area contributed by atoms with Crippen molar-refractivity contribution in [1.29, 1.82) is 0 Å². The number of carbonyl (C=O) groups is 1. The van der Waals surface area contributed by atoms with E-state index < -0.39 is 17.9 Å². The summed E-state index contributed by atoms with van der Waals surface area (Å²) in [6, 6.07) is 12.4. The van der Waals surface area contributed by atoms with E-state index in [0.717, 1.165) is 25.0 Å². The molecular formula is C18H15F3N2O. The Morgan fingerprint density at radius 3 is 2.29 bits per heavy atom. The minimum Gasteiger partial charge on any atom is -0.361 e. The van der Waals surface area contributed by atoms with E-state index in [0.29, 0.717) is 16.8 Å². The number of nitrogens with zero attached hydrogens (tertiary/aromatic N) is 1. The first kappa shape index (κ1) is 15.1. The van der Waals surface area contributed by atoms with E-state index in [1.54, 1.807) is 11.0 Å². The average Bonchev–Trinajstić information content (AvgIpc) is 3.39. The van der Waals surface area contributed by atoms with E-state index >= 15 is 0 Å². The number of rotatable bonds is 2. The molecule has 1 saturated carbocycles. The fourth-order valence-corrected chi connectivity index (χ4v) is 3.10. The molecule has 1 aliphatic heterocycles. The Morgan fingerprint density at radius 1 is 1.00 bits per heavy atom. The number of carbonyl (C=O) groups excluding carboxylic acids is 1. The fourth-order valence-electron chi connectivity index (χ4n) is 3.10. The van der Waals surface area contributed by atoms with Crippen LogP contribution in [0, 0.1) is 0 Å². The zero-order valence-corrected chi connectivity index (χ0v) is 12.7. The molecular weight excluding hydrogens is 317 g/mol. The summed E-state index contributed by atoms with van der Waals surface area (Å²) in [6.45, 7) is 0. The molecule has 2 aromatic carbocycles. The number of alkyl halides is 3. The highest BCUT2D eigenvalue weighted by Gasteiger charge is 2.42. The van der Waals surface area contributed by atoms with Gasteiger partial charge in [-0.2, -0.15) is 13.2 Å². The second-order valence-corrected chi connectivity index (χ2v) is 6.16. The van der Waals surface area contributed by atoms with Crippen LogP contribution in [0.15, 0.2) is 48.5 Å². The lowest BCUT2D eigenvalue weighted by Crippen LogP contribution is -2.44. The minimum atomic E-state index is -4.36. The first-order chi connectivity index (χ1) is 11.4. The highest BCUT2D eigenvalue weighted by atomic mass is 19.4.